The van der Waals surface area contributed by atoms with Crippen LogP contribution in [0.3, 0.4) is 0 Å². The lowest BCUT2D eigenvalue weighted by Crippen LogP contribution is -2.48. The van der Waals surface area contributed by atoms with Crippen LogP contribution in [0.25, 0.3) is 0 Å². The van der Waals surface area contributed by atoms with Crippen LogP contribution >= 0.6 is 0 Å². The number of benzene rings is 1. The highest BCUT2D eigenvalue weighted by Gasteiger charge is 2.40. The van der Waals surface area contributed by atoms with E-state index in [0.717, 1.165) is 24.1 Å². The van der Waals surface area contributed by atoms with Gasteiger partial charge in [0.05, 0.1) is 6.54 Å². The normalized spacial score (nSPS) is 22.6. The lowest BCUT2D eigenvalue weighted by Gasteiger charge is -2.30. The Kier molecular flexibility index (Phi) is 6.55. The minimum Gasteiger partial charge on any atom is -0.491 e. The Hall–Kier alpha value is -3.62. The summed E-state index contributed by atoms with van der Waals surface area (Å²) in [6.45, 7) is 4.58. The Morgan fingerprint density at radius 3 is 2.67 bits per heavy atom. The quantitative estimate of drug-likeness (QED) is 0.565. The van der Waals surface area contributed by atoms with Crippen LogP contribution in [-0.4, -0.2) is 65.2 Å². The first-order valence-corrected chi connectivity index (χ1v) is 12.7. The maximum atomic E-state index is 13.9. The van der Waals surface area contributed by atoms with Gasteiger partial charge in [0.2, 0.25) is 5.91 Å². The number of carbonyl (C=O) groups is 4. The molecule has 0 saturated carbocycles. The summed E-state index contributed by atoms with van der Waals surface area (Å²) in [5, 5.41) is 5.86. The molecule has 9 nitrogen and oxygen atoms in total. The molecule has 9 heteroatoms. The van der Waals surface area contributed by atoms with Gasteiger partial charge in [0.25, 0.3) is 11.8 Å². The smallest absolute Gasteiger partial charge is 0.271 e. The third-order valence-corrected chi connectivity index (χ3v) is 7.56. The summed E-state index contributed by atoms with van der Waals surface area (Å²) in [5.74, 6) is 0.0526. The van der Waals surface area contributed by atoms with Crippen LogP contribution in [0, 0.1) is 13.8 Å². The van der Waals surface area contributed by atoms with E-state index in [9.17, 15) is 19.2 Å². The van der Waals surface area contributed by atoms with Gasteiger partial charge in [-0.15, -0.1) is 0 Å². The Morgan fingerprint density at radius 2 is 1.86 bits per heavy atom. The molecule has 1 aromatic heterocycles. The highest BCUT2D eigenvalue weighted by molar-refractivity contribution is 6.04. The monoisotopic (exact) mass is 492 g/mol. The second-order valence-corrected chi connectivity index (χ2v) is 9.95. The molecule has 3 N–H and O–H groups in total. The number of rotatable bonds is 1. The molecule has 2 atom stereocenters. The van der Waals surface area contributed by atoms with E-state index in [-0.39, 0.29) is 55.2 Å². The maximum absolute atomic E-state index is 13.9. The first-order chi connectivity index (χ1) is 17.3. The van der Waals surface area contributed by atoms with E-state index in [4.69, 9.17) is 4.74 Å². The molecule has 1 aliphatic carbocycles. The summed E-state index contributed by atoms with van der Waals surface area (Å²) in [7, 11) is 0. The van der Waals surface area contributed by atoms with Crippen molar-refractivity contribution in [2.24, 2.45) is 0 Å². The van der Waals surface area contributed by atoms with Crippen molar-refractivity contribution >= 4 is 23.5 Å². The number of ketones is 1. The summed E-state index contributed by atoms with van der Waals surface area (Å²) >= 11 is 0. The molecule has 5 rings (SSSR count). The molecule has 2 aliphatic heterocycles. The van der Waals surface area contributed by atoms with E-state index in [0.29, 0.717) is 53.9 Å². The Balaban J connectivity index is 1.44. The van der Waals surface area contributed by atoms with E-state index < -0.39 is 0 Å². The summed E-state index contributed by atoms with van der Waals surface area (Å²) in [6.07, 6.45) is 3.49. The Bertz CT molecular complexity index is 1230. The van der Waals surface area contributed by atoms with Crippen molar-refractivity contribution in [1.82, 2.24) is 20.5 Å². The zero-order valence-electron chi connectivity index (χ0n) is 20.7. The van der Waals surface area contributed by atoms with Gasteiger partial charge in [-0.25, -0.2) is 0 Å². The molecule has 0 radical (unpaired) electrons. The molecule has 0 unspecified atom stereocenters. The number of nitrogens with one attached hydrogen (secondary N) is 3. The fraction of sp³-hybridized carbons (Fsp3) is 0.481. The SMILES string of the molecule is Cc1ccc2cc1OCCNC(=O)C[C@@H]1CC[C@H](CNC2=O)N1C(=O)c1[nH]c2c(c1C)C(=O)CCC2. The van der Waals surface area contributed by atoms with Crippen molar-refractivity contribution in [2.45, 2.75) is 64.5 Å². The van der Waals surface area contributed by atoms with Crippen molar-refractivity contribution in [3.8, 4) is 5.75 Å². The molecule has 3 aliphatic rings. The third-order valence-electron chi connectivity index (χ3n) is 7.56. The fourth-order valence-corrected chi connectivity index (χ4v) is 5.66. The van der Waals surface area contributed by atoms with Gasteiger partial charge in [-0.2, -0.15) is 0 Å². The van der Waals surface area contributed by atoms with Crippen LogP contribution in [0.5, 0.6) is 5.75 Å². The number of amides is 3. The maximum Gasteiger partial charge on any atom is 0.271 e. The van der Waals surface area contributed by atoms with Crippen LogP contribution in [-0.2, 0) is 11.2 Å². The molecular formula is C27H32N4O5. The largest absolute Gasteiger partial charge is 0.491 e. The van der Waals surface area contributed by atoms with Crippen molar-refractivity contribution < 1.29 is 23.9 Å². The van der Waals surface area contributed by atoms with Crippen LogP contribution < -0.4 is 15.4 Å². The van der Waals surface area contributed by atoms with Gasteiger partial charge in [-0.05, 0) is 62.8 Å². The first-order valence-electron chi connectivity index (χ1n) is 12.7. The molecule has 36 heavy (non-hydrogen) atoms. The molecule has 1 aromatic carbocycles. The number of aromatic amines is 1. The number of H-pyrrole nitrogens is 1. The minimum atomic E-state index is -0.302. The summed E-state index contributed by atoms with van der Waals surface area (Å²) in [5.41, 5.74) is 3.92. The van der Waals surface area contributed by atoms with Crippen molar-refractivity contribution in [3.05, 3.63) is 51.8 Å². The molecule has 1 saturated heterocycles. The van der Waals surface area contributed by atoms with Gasteiger partial charge in [0.15, 0.2) is 5.78 Å². The number of hydrogen-bond donors (Lipinski definition) is 3. The van der Waals surface area contributed by atoms with Gasteiger partial charge in [-0.3, -0.25) is 19.2 Å². The number of aromatic nitrogens is 1. The number of Topliss-reactive ketones (excluding diaryl/α,β-unsaturated/α-hetero) is 1. The topological polar surface area (TPSA) is 121 Å². The molecule has 3 amide bonds. The molecule has 0 spiro atoms. The highest BCUT2D eigenvalue weighted by atomic mass is 16.5. The summed E-state index contributed by atoms with van der Waals surface area (Å²) in [6, 6.07) is 4.72. The fourth-order valence-electron chi connectivity index (χ4n) is 5.66. The van der Waals surface area contributed by atoms with Crippen LogP contribution in [0.4, 0.5) is 0 Å². The van der Waals surface area contributed by atoms with E-state index >= 15 is 0 Å². The third kappa shape index (κ3) is 4.50. The van der Waals surface area contributed by atoms with E-state index in [1.807, 2.05) is 19.9 Å². The Labute approximate surface area is 210 Å². The average Bonchev–Trinajstić information content (AvgIpc) is 3.41. The highest BCUT2D eigenvalue weighted by Crippen LogP contribution is 2.32. The zero-order valence-corrected chi connectivity index (χ0v) is 20.7. The zero-order chi connectivity index (χ0) is 25.4. The standard InChI is InChI=1S/C27H32N4O5/c1-15-6-7-17-12-22(15)36-11-10-28-23(33)13-18-8-9-19(14-29-26(17)34)31(18)27(35)25-16(2)24-20(30-25)4-3-5-21(24)32/h6-7,12,18-19,30H,3-5,8-11,13-14H2,1-2H3,(H,28,33)(H,29,34)/t18-,19+/m0/s1. The minimum absolute atomic E-state index is 0.0652. The van der Waals surface area contributed by atoms with E-state index in [1.165, 1.54) is 0 Å². The first kappa shape index (κ1) is 24.1. The molecule has 1 fully saturated rings. The van der Waals surface area contributed by atoms with Crippen molar-refractivity contribution in [1.29, 1.82) is 0 Å². The van der Waals surface area contributed by atoms with Gasteiger partial charge in [-0.1, -0.05) is 6.07 Å². The molecule has 3 heterocycles. The van der Waals surface area contributed by atoms with Gasteiger partial charge in [0.1, 0.15) is 18.1 Å². The molecule has 2 aromatic rings. The van der Waals surface area contributed by atoms with Crippen LogP contribution in [0.1, 0.15) is 80.1 Å². The lowest BCUT2D eigenvalue weighted by atomic mass is 9.93. The predicted octanol–water partition coefficient (Wildman–Crippen LogP) is 2.45. The van der Waals surface area contributed by atoms with E-state index in [1.54, 1.807) is 17.0 Å². The number of aryl methyl sites for hydroxylation is 2. The van der Waals surface area contributed by atoms with E-state index in [2.05, 4.69) is 15.6 Å². The number of ether oxygens (including phenoxy) is 1. The number of carbonyl (C=O) groups excluding carboxylic acids is 4. The van der Waals surface area contributed by atoms with Gasteiger partial charge >= 0.3 is 0 Å². The molecule has 4 bridgehead atoms. The summed E-state index contributed by atoms with van der Waals surface area (Å²) in [4.78, 5) is 57.1. The molecule has 190 valence electrons. The lowest BCUT2D eigenvalue weighted by molar-refractivity contribution is -0.122. The Morgan fingerprint density at radius 1 is 1.06 bits per heavy atom. The second kappa shape index (κ2) is 9.79. The van der Waals surface area contributed by atoms with Gasteiger partial charge < -0.3 is 25.3 Å². The average molecular weight is 493 g/mol. The van der Waals surface area contributed by atoms with Crippen molar-refractivity contribution in [3.63, 3.8) is 0 Å². The number of fused-ring (bicyclic) bond motifs is 5. The van der Waals surface area contributed by atoms with Crippen molar-refractivity contribution in [2.75, 3.05) is 19.7 Å². The second-order valence-electron chi connectivity index (χ2n) is 9.95. The van der Waals surface area contributed by atoms with Gasteiger partial charge in [0, 0.05) is 48.3 Å². The molecular weight excluding hydrogens is 460 g/mol. The van der Waals surface area contributed by atoms with Crippen LogP contribution in [0.2, 0.25) is 0 Å². The number of nitrogens with zero attached hydrogens (tertiary/aromatic N) is 1. The predicted molar refractivity (Wildman–Crippen MR) is 132 cm³/mol. The number of hydrogen-bond acceptors (Lipinski definition) is 5. The van der Waals surface area contributed by atoms with Crippen LogP contribution in [0.15, 0.2) is 18.2 Å². The summed E-state index contributed by atoms with van der Waals surface area (Å²) < 4.78 is 5.80.